The van der Waals surface area contributed by atoms with Crippen LogP contribution in [0.5, 0.6) is 5.75 Å². The Morgan fingerprint density at radius 2 is 1.77 bits per heavy atom. The molecule has 0 aliphatic rings. The van der Waals surface area contributed by atoms with Gasteiger partial charge in [-0.1, -0.05) is 42.5 Å². The Morgan fingerprint density at radius 3 is 2.31 bits per heavy atom. The summed E-state index contributed by atoms with van der Waals surface area (Å²) < 4.78 is 9.82. The molecule has 2 N–H and O–H groups in total. The van der Waals surface area contributed by atoms with Crippen molar-refractivity contribution in [1.82, 2.24) is 5.32 Å². The number of carbonyl (C=O) groups is 2. The number of hydrogen-bond acceptors (Lipinski definition) is 5. The number of ether oxygens (including phenoxy) is 1. The minimum atomic E-state index is -1.61. The van der Waals surface area contributed by atoms with E-state index in [1.807, 2.05) is 6.07 Å². The minimum Gasteiger partial charge on any atom is -0.479 e. The molecule has 0 saturated heterocycles. The number of aliphatic carboxylic acids is 1. The van der Waals surface area contributed by atoms with E-state index in [1.54, 1.807) is 30.2 Å². The van der Waals surface area contributed by atoms with Gasteiger partial charge in [0.2, 0.25) is 0 Å². The smallest absolute Gasteiger partial charge is 0.408 e. The lowest BCUT2D eigenvalue weighted by Gasteiger charge is -2.16. The second kappa shape index (κ2) is 9.41. The summed E-state index contributed by atoms with van der Waals surface area (Å²) in [5.74, 6) is 0.623. The van der Waals surface area contributed by atoms with Gasteiger partial charge >= 0.3 is 12.1 Å². The number of benzene rings is 2. The van der Waals surface area contributed by atoms with Crippen molar-refractivity contribution < 1.29 is 28.1 Å². The quantitative estimate of drug-likeness (QED) is 0.668. The first-order valence-corrected chi connectivity index (χ1v) is 8.04. The van der Waals surface area contributed by atoms with Gasteiger partial charge in [-0.25, -0.2) is 14.4 Å². The first-order chi connectivity index (χ1) is 12.5. The van der Waals surface area contributed by atoms with Gasteiger partial charge in [0.1, 0.15) is 18.3 Å². The Morgan fingerprint density at radius 1 is 1.12 bits per heavy atom. The van der Waals surface area contributed by atoms with Crippen LogP contribution in [0.2, 0.25) is 0 Å². The van der Waals surface area contributed by atoms with Crippen LogP contribution < -0.4 is 9.15 Å². The predicted molar refractivity (Wildman–Crippen MR) is 96.3 cm³/mol. The van der Waals surface area contributed by atoms with E-state index in [0.717, 1.165) is 5.56 Å². The Hall–Kier alpha value is -3.09. The topological polar surface area (TPSA) is 102 Å². The van der Waals surface area contributed by atoms with E-state index < -0.39 is 18.1 Å². The predicted octanol–water partition coefficient (Wildman–Crippen LogP) is 2.97. The molecule has 0 radical (unpaired) electrons. The molecule has 2 rings (SSSR count). The van der Waals surface area contributed by atoms with E-state index in [4.69, 9.17) is 8.57 Å². The molecule has 1 amide bonds. The molecule has 0 saturated carbocycles. The molecule has 0 aliphatic carbocycles. The van der Waals surface area contributed by atoms with Crippen LogP contribution in [0.1, 0.15) is 11.1 Å². The van der Waals surface area contributed by atoms with E-state index in [2.05, 4.69) is 21.6 Å². The maximum atomic E-state index is 11.9. The van der Waals surface area contributed by atoms with Crippen LogP contribution in [0.4, 0.5) is 4.79 Å². The Bertz CT molecular complexity index is 815. The number of alkyl carbamates (subject to hydrolysis) is 1. The number of rotatable bonds is 7. The van der Waals surface area contributed by atoms with E-state index in [0.29, 0.717) is 5.75 Å². The lowest BCUT2D eigenvalue weighted by Crippen LogP contribution is -2.42. The van der Waals surface area contributed by atoms with Crippen LogP contribution in [0.3, 0.4) is 0 Å². The fourth-order valence-corrected chi connectivity index (χ4v) is 2.33. The first-order valence-electron chi connectivity index (χ1n) is 7.39. The molecule has 0 aliphatic heterocycles. The van der Waals surface area contributed by atoms with Gasteiger partial charge in [0.25, 0.3) is 0 Å². The van der Waals surface area contributed by atoms with Gasteiger partial charge in [0, 0.05) is 0 Å². The van der Waals surface area contributed by atoms with Crippen molar-refractivity contribution in [3.05, 3.63) is 65.7 Å². The van der Waals surface area contributed by atoms with Crippen LogP contribution in [-0.4, -0.2) is 29.2 Å². The number of hydrogen-bond donors (Lipinski definition) is 2. The molecule has 0 heterocycles. The summed E-state index contributed by atoms with van der Waals surface area (Å²) in [6.45, 7) is -0.0313. The lowest BCUT2D eigenvalue weighted by molar-refractivity contribution is -0.137. The van der Waals surface area contributed by atoms with E-state index >= 15 is 0 Å². The maximum Gasteiger partial charge on any atom is 0.408 e. The number of halogens is 1. The summed E-state index contributed by atoms with van der Waals surface area (Å²) in [6, 6.07) is 13.3. The van der Waals surface area contributed by atoms with Crippen molar-refractivity contribution in [3.63, 3.8) is 0 Å². The lowest BCUT2D eigenvalue weighted by atomic mass is 10.00. The Kier molecular flexibility index (Phi) is 6.96. The first kappa shape index (κ1) is 19.2. The molecule has 134 valence electrons. The summed E-state index contributed by atoms with van der Waals surface area (Å²) in [6.07, 6.45) is -0.964. The van der Waals surface area contributed by atoms with Crippen LogP contribution in [0, 0.1) is 0 Å². The molecule has 0 bridgehead atoms. The molecule has 1 atom stereocenters. The second-order valence-electron chi connectivity index (χ2n) is 5.09. The highest BCUT2D eigenvalue weighted by molar-refractivity contribution is 9.06. The molecule has 0 fully saturated rings. The fraction of sp³-hybridized carbons (Fsp3) is 0.111. The molecule has 0 spiro atoms. The zero-order valence-electron chi connectivity index (χ0n) is 13.3. The van der Waals surface area contributed by atoms with Gasteiger partial charge in [-0.15, -0.1) is 0 Å². The van der Waals surface area contributed by atoms with Crippen molar-refractivity contribution in [2.45, 2.75) is 12.6 Å². The largest absolute Gasteiger partial charge is 0.479 e. The zero-order chi connectivity index (χ0) is 18.9. The monoisotopic (exact) mass is 419 g/mol. The van der Waals surface area contributed by atoms with Gasteiger partial charge < -0.3 is 19.0 Å². The maximum absolute atomic E-state index is 11.9. The third-order valence-electron chi connectivity index (χ3n) is 3.37. The van der Waals surface area contributed by atoms with Crippen molar-refractivity contribution in [3.8, 4) is 5.75 Å². The summed E-state index contributed by atoms with van der Waals surface area (Å²) in [4.78, 5) is 34.7. The SMILES string of the molecule is O=C=C(c1ccc(OBr)cc1)[C@H](NC(=O)OCc1ccccc1)C(=O)O. The van der Waals surface area contributed by atoms with Crippen LogP contribution in [-0.2, 0) is 20.9 Å². The van der Waals surface area contributed by atoms with Crippen molar-refractivity contribution >= 4 is 39.8 Å². The zero-order valence-corrected chi connectivity index (χ0v) is 14.9. The number of carboxylic acid groups (broad SMARTS) is 1. The summed E-state index contributed by atoms with van der Waals surface area (Å²) in [7, 11) is 0. The summed E-state index contributed by atoms with van der Waals surface area (Å²) in [5, 5.41) is 11.5. The van der Waals surface area contributed by atoms with Crippen LogP contribution in [0.25, 0.3) is 5.57 Å². The molecular formula is C18H14BrNO6. The fourth-order valence-electron chi connectivity index (χ4n) is 2.11. The van der Waals surface area contributed by atoms with Gasteiger partial charge in [-0.2, -0.15) is 0 Å². The Balaban J connectivity index is 2.09. The van der Waals surface area contributed by atoms with E-state index in [9.17, 15) is 19.5 Å². The Labute approximate surface area is 157 Å². The molecule has 0 aromatic heterocycles. The van der Waals surface area contributed by atoms with Crippen molar-refractivity contribution in [2.75, 3.05) is 0 Å². The summed E-state index contributed by atoms with van der Waals surface area (Å²) >= 11 is 2.81. The molecule has 8 heteroatoms. The molecule has 2 aromatic rings. The van der Waals surface area contributed by atoms with E-state index in [1.165, 1.54) is 24.3 Å². The average Bonchev–Trinajstić information content (AvgIpc) is 2.67. The van der Waals surface area contributed by atoms with Gasteiger partial charge in [-0.05, 0) is 23.3 Å². The number of carboxylic acids is 1. The normalized spacial score (nSPS) is 11.0. The number of amides is 1. The highest BCUT2D eigenvalue weighted by Crippen LogP contribution is 2.21. The van der Waals surface area contributed by atoms with Crippen LogP contribution in [0.15, 0.2) is 54.6 Å². The van der Waals surface area contributed by atoms with Gasteiger partial charge in [0.05, 0.1) is 5.57 Å². The van der Waals surface area contributed by atoms with Gasteiger partial charge in [0.15, 0.2) is 22.3 Å². The standard InChI is InChI=1S/C18H14BrNO6/c19-26-14-8-6-13(7-9-14)15(10-21)16(17(22)23)20-18(24)25-11-12-4-2-1-3-5-12/h1-9,16H,11H2,(H,20,24)(H,22,23)/t16-/m0/s1. The number of carbonyl (C=O) groups excluding carboxylic acids is 2. The highest BCUT2D eigenvalue weighted by Gasteiger charge is 2.27. The van der Waals surface area contributed by atoms with Gasteiger partial charge in [-0.3, -0.25) is 0 Å². The third-order valence-corrected chi connectivity index (χ3v) is 3.75. The van der Waals surface area contributed by atoms with E-state index in [-0.39, 0.29) is 17.7 Å². The van der Waals surface area contributed by atoms with Crippen molar-refractivity contribution in [1.29, 1.82) is 0 Å². The van der Waals surface area contributed by atoms with Crippen molar-refractivity contribution in [2.24, 2.45) is 0 Å². The van der Waals surface area contributed by atoms with Crippen LogP contribution >= 0.6 is 16.3 Å². The summed E-state index contributed by atoms with van der Waals surface area (Å²) in [5.41, 5.74) is 0.783. The average molecular weight is 420 g/mol. The molecule has 7 nitrogen and oxygen atoms in total. The molecule has 26 heavy (non-hydrogen) atoms. The minimum absolute atomic E-state index is 0.0313. The highest BCUT2D eigenvalue weighted by atomic mass is 79.9. The molecule has 2 aromatic carbocycles. The molecular weight excluding hydrogens is 406 g/mol. The molecule has 0 unspecified atom stereocenters. The second-order valence-corrected chi connectivity index (χ2v) is 5.42. The third kappa shape index (κ3) is 5.20. The number of nitrogens with one attached hydrogen (secondary N) is 1.